The molecule has 0 atom stereocenters. The molecule has 0 aliphatic heterocycles. The van der Waals surface area contributed by atoms with E-state index in [1.807, 2.05) is 24.3 Å². The van der Waals surface area contributed by atoms with Gasteiger partial charge in [-0.25, -0.2) is 0 Å². The monoisotopic (exact) mass is 206 g/mol. The Balaban J connectivity index is 2.08. The van der Waals surface area contributed by atoms with Gasteiger partial charge >= 0.3 is 0 Å². The molecule has 0 aromatic heterocycles. The summed E-state index contributed by atoms with van der Waals surface area (Å²) in [6, 6.07) is 7.83. The summed E-state index contributed by atoms with van der Waals surface area (Å²) in [6.45, 7) is 0. The van der Waals surface area contributed by atoms with Crippen molar-refractivity contribution in [3.63, 3.8) is 0 Å². The van der Waals surface area contributed by atoms with E-state index < -0.39 is 0 Å². The Labute approximate surface area is 89.0 Å². The maximum atomic E-state index is 5.65. The van der Waals surface area contributed by atoms with Crippen LogP contribution in [-0.4, -0.2) is 12.0 Å². The number of halogens is 1. The average molecular weight is 207 g/mol. The second-order valence-corrected chi connectivity index (χ2v) is 3.55. The molecule has 14 heavy (non-hydrogen) atoms. The smallest absolute Gasteiger partial charge is 0.120 e. The molecule has 1 aliphatic carbocycles. The molecule has 0 saturated heterocycles. The molecule has 1 nitrogen and oxygen atoms in total. The molecule has 0 spiro atoms. The van der Waals surface area contributed by atoms with Gasteiger partial charge in [-0.1, -0.05) is 17.9 Å². The van der Waals surface area contributed by atoms with Crippen molar-refractivity contribution >= 4 is 11.6 Å². The zero-order valence-electron chi connectivity index (χ0n) is 7.79. The highest BCUT2D eigenvalue weighted by molar-refractivity contribution is 6.19. The van der Waals surface area contributed by atoms with Crippen LogP contribution in [0, 0.1) is 11.8 Å². The lowest BCUT2D eigenvalue weighted by atomic mass is 10.2. The summed E-state index contributed by atoms with van der Waals surface area (Å²) in [4.78, 5) is 0. The first-order chi connectivity index (χ1) is 6.88. The van der Waals surface area contributed by atoms with Gasteiger partial charge in [0.05, 0.1) is 12.0 Å². The number of hydrogen-bond donors (Lipinski definition) is 0. The first-order valence-electron chi connectivity index (χ1n) is 4.70. The van der Waals surface area contributed by atoms with Crippen molar-refractivity contribution in [1.82, 2.24) is 0 Å². The van der Waals surface area contributed by atoms with Gasteiger partial charge in [-0.05, 0) is 31.0 Å². The number of hydrogen-bond acceptors (Lipinski definition) is 1. The minimum atomic E-state index is 0.369. The van der Waals surface area contributed by atoms with Crippen LogP contribution in [-0.2, 0) is 0 Å². The quantitative estimate of drug-likeness (QED) is 0.534. The van der Waals surface area contributed by atoms with E-state index >= 15 is 0 Å². The maximum absolute atomic E-state index is 5.65. The normalized spacial score (nSPS) is 14.4. The van der Waals surface area contributed by atoms with Crippen molar-refractivity contribution in [1.29, 1.82) is 0 Å². The van der Waals surface area contributed by atoms with Crippen LogP contribution >= 0.6 is 11.6 Å². The van der Waals surface area contributed by atoms with E-state index in [0.717, 1.165) is 11.3 Å². The van der Waals surface area contributed by atoms with E-state index in [9.17, 15) is 0 Å². The topological polar surface area (TPSA) is 9.23 Å². The van der Waals surface area contributed by atoms with Crippen LogP contribution in [0.1, 0.15) is 18.4 Å². The average Bonchev–Trinajstić information content (AvgIpc) is 2.99. The standard InChI is InChI=1S/C12H11ClO/c13-8-2-4-10-3-1-5-12(9-10)14-11-6-7-11/h1,3,5,9,11H,6-8H2. The molecule has 1 aliphatic rings. The van der Waals surface area contributed by atoms with Gasteiger partial charge in [-0.3, -0.25) is 0 Å². The molecule has 1 fully saturated rings. The van der Waals surface area contributed by atoms with Crippen LogP contribution in [0.4, 0.5) is 0 Å². The summed E-state index contributed by atoms with van der Waals surface area (Å²) in [5, 5.41) is 0. The van der Waals surface area contributed by atoms with E-state index in [2.05, 4.69) is 11.8 Å². The lowest BCUT2D eigenvalue weighted by Gasteiger charge is -2.03. The Morgan fingerprint density at radius 1 is 1.43 bits per heavy atom. The molecule has 1 aromatic carbocycles. The fourth-order valence-electron chi connectivity index (χ4n) is 1.16. The first-order valence-corrected chi connectivity index (χ1v) is 5.23. The molecule has 0 amide bonds. The van der Waals surface area contributed by atoms with Crippen molar-refractivity contribution in [2.45, 2.75) is 18.9 Å². The molecule has 0 radical (unpaired) electrons. The van der Waals surface area contributed by atoms with Gasteiger partial charge in [-0.15, -0.1) is 11.6 Å². The third-order valence-electron chi connectivity index (χ3n) is 1.96. The molecule has 0 bridgehead atoms. The van der Waals surface area contributed by atoms with Gasteiger partial charge in [0.2, 0.25) is 0 Å². The largest absolute Gasteiger partial charge is 0.490 e. The zero-order valence-corrected chi connectivity index (χ0v) is 8.55. The van der Waals surface area contributed by atoms with Crippen LogP contribution < -0.4 is 4.74 Å². The summed E-state index contributed by atoms with van der Waals surface area (Å²) in [5.41, 5.74) is 0.962. The Bertz CT molecular complexity index is 371. The fourth-order valence-corrected chi connectivity index (χ4v) is 1.23. The zero-order chi connectivity index (χ0) is 9.80. The lowest BCUT2D eigenvalue weighted by molar-refractivity contribution is 0.303. The number of ether oxygens (including phenoxy) is 1. The second kappa shape index (κ2) is 4.39. The van der Waals surface area contributed by atoms with Crippen molar-refractivity contribution < 1.29 is 4.74 Å². The summed E-state index contributed by atoms with van der Waals surface area (Å²) in [7, 11) is 0. The number of benzene rings is 1. The molecule has 1 aromatic rings. The van der Waals surface area contributed by atoms with E-state index in [-0.39, 0.29) is 0 Å². The van der Waals surface area contributed by atoms with Crippen molar-refractivity contribution in [2.75, 3.05) is 5.88 Å². The van der Waals surface area contributed by atoms with E-state index in [1.165, 1.54) is 12.8 Å². The van der Waals surface area contributed by atoms with E-state index in [1.54, 1.807) is 0 Å². The van der Waals surface area contributed by atoms with Gasteiger partial charge in [0.1, 0.15) is 5.75 Å². The highest BCUT2D eigenvalue weighted by atomic mass is 35.5. The van der Waals surface area contributed by atoms with Gasteiger partial charge in [0, 0.05) is 5.56 Å². The molecule has 2 heteroatoms. The van der Waals surface area contributed by atoms with Crippen molar-refractivity contribution in [3.8, 4) is 17.6 Å². The van der Waals surface area contributed by atoms with Crippen molar-refractivity contribution in [2.24, 2.45) is 0 Å². The van der Waals surface area contributed by atoms with Crippen molar-refractivity contribution in [3.05, 3.63) is 29.8 Å². The Kier molecular flexibility index (Phi) is 2.96. The predicted octanol–water partition coefficient (Wildman–Crippen LogP) is 2.82. The van der Waals surface area contributed by atoms with E-state index in [0.29, 0.717) is 12.0 Å². The minimum absolute atomic E-state index is 0.369. The molecule has 72 valence electrons. The van der Waals surface area contributed by atoms with Gasteiger partial charge < -0.3 is 4.74 Å². The second-order valence-electron chi connectivity index (χ2n) is 3.28. The molecule has 1 saturated carbocycles. The summed E-state index contributed by atoms with van der Waals surface area (Å²) >= 11 is 5.48. The van der Waals surface area contributed by atoms with Crippen LogP contribution in [0.15, 0.2) is 24.3 Å². The minimum Gasteiger partial charge on any atom is -0.490 e. The predicted molar refractivity (Wildman–Crippen MR) is 57.7 cm³/mol. The lowest BCUT2D eigenvalue weighted by Crippen LogP contribution is -1.95. The molecular formula is C12H11ClO. The van der Waals surface area contributed by atoms with Crippen LogP contribution in [0.25, 0.3) is 0 Å². The first kappa shape index (κ1) is 9.43. The van der Waals surface area contributed by atoms with Crippen LogP contribution in [0.2, 0.25) is 0 Å². The summed E-state index contributed by atoms with van der Waals surface area (Å²) in [6.07, 6.45) is 2.79. The Morgan fingerprint density at radius 3 is 3.00 bits per heavy atom. The number of alkyl halides is 1. The van der Waals surface area contributed by atoms with E-state index in [4.69, 9.17) is 16.3 Å². The highest BCUT2D eigenvalue weighted by Gasteiger charge is 2.23. The van der Waals surface area contributed by atoms with Gasteiger partial charge in [-0.2, -0.15) is 0 Å². The molecule has 0 N–H and O–H groups in total. The van der Waals surface area contributed by atoms with Gasteiger partial charge in [0.25, 0.3) is 0 Å². The van der Waals surface area contributed by atoms with Crippen LogP contribution in [0.5, 0.6) is 5.75 Å². The molecule has 0 unspecified atom stereocenters. The highest BCUT2D eigenvalue weighted by Crippen LogP contribution is 2.26. The molecule has 0 heterocycles. The SMILES string of the molecule is ClCC#Cc1cccc(OC2CC2)c1. The Hall–Kier alpha value is -1.13. The third-order valence-corrected chi connectivity index (χ3v) is 2.09. The Morgan fingerprint density at radius 2 is 2.29 bits per heavy atom. The molecule has 2 rings (SSSR count). The fraction of sp³-hybridized carbons (Fsp3) is 0.333. The third kappa shape index (κ3) is 2.68. The maximum Gasteiger partial charge on any atom is 0.120 e. The summed E-state index contributed by atoms with van der Waals surface area (Å²) < 4.78 is 5.65. The van der Waals surface area contributed by atoms with Crippen LogP contribution in [0.3, 0.4) is 0 Å². The number of rotatable bonds is 2. The van der Waals surface area contributed by atoms with Gasteiger partial charge in [0.15, 0.2) is 0 Å². The summed E-state index contributed by atoms with van der Waals surface area (Å²) in [5.74, 6) is 7.07. The molecular weight excluding hydrogens is 196 g/mol.